The summed E-state index contributed by atoms with van der Waals surface area (Å²) >= 11 is 6.21. The summed E-state index contributed by atoms with van der Waals surface area (Å²) in [4.78, 5) is 0. The highest BCUT2D eigenvalue weighted by atomic mass is 35.5. The number of benzene rings is 1. The van der Waals surface area contributed by atoms with Crippen molar-refractivity contribution in [1.82, 2.24) is 5.32 Å². The predicted molar refractivity (Wildman–Crippen MR) is 83.8 cm³/mol. The van der Waals surface area contributed by atoms with E-state index in [4.69, 9.17) is 11.6 Å². The van der Waals surface area contributed by atoms with Crippen LogP contribution in [0, 0.1) is 11.2 Å². The van der Waals surface area contributed by atoms with Crippen LogP contribution in [0.5, 0.6) is 0 Å². The zero-order valence-electron chi connectivity index (χ0n) is 12.4. The summed E-state index contributed by atoms with van der Waals surface area (Å²) in [5.41, 5.74) is 0.883. The highest BCUT2D eigenvalue weighted by Gasteiger charge is 2.33. The molecule has 0 heterocycles. The van der Waals surface area contributed by atoms with E-state index in [1.165, 1.54) is 38.2 Å². The Morgan fingerprint density at radius 2 is 2.00 bits per heavy atom. The zero-order chi connectivity index (χ0) is 14.4. The fourth-order valence-corrected chi connectivity index (χ4v) is 3.55. The molecule has 1 saturated carbocycles. The molecule has 1 aromatic rings. The minimum Gasteiger partial charge on any atom is -0.316 e. The van der Waals surface area contributed by atoms with E-state index in [0.717, 1.165) is 25.9 Å². The molecule has 0 saturated heterocycles. The third-order valence-electron chi connectivity index (χ3n) is 4.45. The molecule has 1 N–H and O–H groups in total. The first-order chi connectivity index (χ1) is 9.67. The Bertz CT molecular complexity index is 407. The number of halogens is 2. The van der Waals surface area contributed by atoms with Crippen LogP contribution in [0.4, 0.5) is 4.39 Å². The molecule has 1 aliphatic carbocycles. The van der Waals surface area contributed by atoms with Gasteiger partial charge in [-0.2, -0.15) is 0 Å². The lowest BCUT2D eigenvalue weighted by molar-refractivity contribution is 0.179. The van der Waals surface area contributed by atoms with Gasteiger partial charge in [0.05, 0.1) is 0 Å². The fourth-order valence-electron chi connectivity index (χ4n) is 3.32. The SMILES string of the molecule is CCCNCC1(Cc2c(F)cccc2Cl)CCCCC1. The van der Waals surface area contributed by atoms with Gasteiger partial charge in [0, 0.05) is 17.1 Å². The van der Waals surface area contributed by atoms with E-state index < -0.39 is 0 Å². The van der Waals surface area contributed by atoms with Crippen LogP contribution in [-0.4, -0.2) is 13.1 Å². The van der Waals surface area contributed by atoms with Crippen LogP contribution in [0.25, 0.3) is 0 Å². The molecule has 3 heteroatoms. The fraction of sp³-hybridized carbons (Fsp3) is 0.647. The van der Waals surface area contributed by atoms with Crippen molar-refractivity contribution in [3.63, 3.8) is 0 Å². The second-order valence-corrected chi connectivity index (χ2v) is 6.52. The van der Waals surface area contributed by atoms with Crippen LogP contribution in [0.2, 0.25) is 5.02 Å². The summed E-state index contributed by atoms with van der Waals surface area (Å²) in [6.07, 6.45) is 8.05. The maximum absolute atomic E-state index is 14.1. The molecule has 20 heavy (non-hydrogen) atoms. The Morgan fingerprint density at radius 3 is 2.65 bits per heavy atom. The van der Waals surface area contributed by atoms with E-state index in [1.54, 1.807) is 12.1 Å². The first-order valence-electron chi connectivity index (χ1n) is 7.80. The average molecular weight is 298 g/mol. The highest BCUT2D eigenvalue weighted by molar-refractivity contribution is 6.31. The van der Waals surface area contributed by atoms with Crippen molar-refractivity contribution in [3.05, 3.63) is 34.6 Å². The molecular weight excluding hydrogens is 273 g/mol. The summed E-state index contributed by atoms with van der Waals surface area (Å²) in [7, 11) is 0. The third-order valence-corrected chi connectivity index (χ3v) is 4.81. The topological polar surface area (TPSA) is 12.0 Å². The third kappa shape index (κ3) is 3.95. The molecule has 1 aromatic carbocycles. The van der Waals surface area contributed by atoms with Crippen LogP contribution in [0.1, 0.15) is 51.0 Å². The van der Waals surface area contributed by atoms with Crippen LogP contribution >= 0.6 is 11.6 Å². The Hall–Kier alpha value is -0.600. The van der Waals surface area contributed by atoms with Crippen molar-refractivity contribution >= 4 is 11.6 Å². The van der Waals surface area contributed by atoms with Crippen molar-refractivity contribution in [2.45, 2.75) is 51.9 Å². The minimum absolute atomic E-state index is 0.155. The Kier molecular flexibility index (Phi) is 5.86. The summed E-state index contributed by atoms with van der Waals surface area (Å²) in [6, 6.07) is 5.01. The van der Waals surface area contributed by atoms with E-state index in [9.17, 15) is 4.39 Å². The van der Waals surface area contributed by atoms with Crippen LogP contribution in [0.15, 0.2) is 18.2 Å². The minimum atomic E-state index is -0.155. The zero-order valence-corrected chi connectivity index (χ0v) is 13.1. The molecule has 0 radical (unpaired) electrons. The number of rotatable bonds is 6. The van der Waals surface area contributed by atoms with Gasteiger partial charge in [-0.15, -0.1) is 0 Å². The Morgan fingerprint density at radius 1 is 1.25 bits per heavy atom. The maximum atomic E-state index is 14.1. The lowest BCUT2D eigenvalue weighted by atomic mass is 9.70. The van der Waals surface area contributed by atoms with Crippen LogP contribution < -0.4 is 5.32 Å². The molecule has 1 fully saturated rings. The largest absolute Gasteiger partial charge is 0.316 e. The molecule has 2 rings (SSSR count). The first-order valence-corrected chi connectivity index (χ1v) is 8.18. The van der Waals surface area contributed by atoms with Crippen molar-refractivity contribution in [3.8, 4) is 0 Å². The standard InChI is InChI=1S/C17H25ClFN/c1-2-11-20-13-17(9-4-3-5-10-17)12-14-15(18)7-6-8-16(14)19/h6-8,20H,2-5,9-13H2,1H3. The Labute approximate surface area is 126 Å². The normalized spacial score (nSPS) is 18.1. The second-order valence-electron chi connectivity index (χ2n) is 6.11. The molecular formula is C17H25ClFN. The van der Waals surface area contributed by atoms with Gasteiger partial charge in [0.2, 0.25) is 0 Å². The molecule has 112 valence electrons. The van der Waals surface area contributed by atoms with Gasteiger partial charge in [0.25, 0.3) is 0 Å². The number of hydrogen-bond donors (Lipinski definition) is 1. The van der Waals surface area contributed by atoms with E-state index in [2.05, 4.69) is 12.2 Å². The van der Waals surface area contributed by atoms with Gasteiger partial charge in [0.15, 0.2) is 0 Å². The molecule has 0 spiro atoms. The van der Waals surface area contributed by atoms with Gasteiger partial charge >= 0.3 is 0 Å². The van der Waals surface area contributed by atoms with Crippen molar-refractivity contribution in [1.29, 1.82) is 0 Å². The molecule has 0 bridgehead atoms. The van der Waals surface area contributed by atoms with Gasteiger partial charge in [0.1, 0.15) is 5.82 Å². The Balaban J connectivity index is 2.14. The smallest absolute Gasteiger partial charge is 0.127 e. The van der Waals surface area contributed by atoms with Gasteiger partial charge in [-0.25, -0.2) is 4.39 Å². The molecule has 0 atom stereocenters. The van der Waals surface area contributed by atoms with Gasteiger partial charge in [-0.05, 0) is 49.8 Å². The molecule has 1 nitrogen and oxygen atoms in total. The molecule has 0 aromatic heterocycles. The first kappa shape index (κ1) is 15.8. The van der Waals surface area contributed by atoms with Crippen LogP contribution in [-0.2, 0) is 6.42 Å². The highest BCUT2D eigenvalue weighted by Crippen LogP contribution is 2.40. The average Bonchev–Trinajstić information content (AvgIpc) is 2.45. The summed E-state index contributed by atoms with van der Waals surface area (Å²) < 4.78 is 14.1. The number of hydrogen-bond acceptors (Lipinski definition) is 1. The summed E-state index contributed by atoms with van der Waals surface area (Å²) in [6.45, 7) is 4.19. The lowest BCUT2D eigenvalue weighted by Gasteiger charge is -2.38. The van der Waals surface area contributed by atoms with Gasteiger partial charge in [-0.3, -0.25) is 0 Å². The van der Waals surface area contributed by atoms with E-state index in [1.807, 2.05) is 0 Å². The second kappa shape index (κ2) is 7.42. The van der Waals surface area contributed by atoms with Gasteiger partial charge in [-0.1, -0.05) is 43.9 Å². The summed E-state index contributed by atoms with van der Waals surface area (Å²) in [5.74, 6) is -0.155. The number of nitrogens with one attached hydrogen (secondary N) is 1. The van der Waals surface area contributed by atoms with Crippen molar-refractivity contribution < 1.29 is 4.39 Å². The lowest BCUT2D eigenvalue weighted by Crippen LogP contribution is -2.38. The van der Waals surface area contributed by atoms with E-state index in [0.29, 0.717) is 10.6 Å². The van der Waals surface area contributed by atoms with Gasteiger partial charge < -0.3 is 5.32 Å². The van der Waals surface area contributed by atoms with E-state index >= 15 is 0 Å². The molecule has 1 aliphatic rings. The van der Waals surface area contributed by atoms with Crippen molar-refractivity contribution in [2.75, 3.05) is 13.1 Å². The predicted octanol–water partition coefficient (Wildman–Crippen LogP) is 4.97. The quantitative estimate of drug-likeness (QED) is 0.731. The molecule has 0 aliphatic heterocycles. The summed E-state index contributed by atoms with van der Waals surface area (Å²) in [5, 5.41) is 4.11. The van der Waals surface area contributed by atoms with Crippen molar-refractivity contribution in [2.24, 2.45) is 5.41 Å². The molecule has 0 unspecified atom stereocenters. The molecule has 0 amide bonds. The van der Waals surface area contributed by atoms with Crippen LogP contribution in [0.3, 0.4) is 0 Å². The van der Waals surface area contributed by atoms with E-state index in [-0.39, 0.29) is 11.2 Å². The monoisotopic (exact) mass is 297 g/mol. The maximum Gasteiger partial charge on any atom is 0.127 e.